The molecule has 128 valence electrons. The molecule has 4 heteroatoms. The van der Waals surface area contributed by atoms with Crippen LogP contribution in [0.3, 0.4) is 0 Å². The fourth-order valence-electron chi connectivity index (χ4n) is 3.22. The van der Waals surface area contributed by atoms with Crippen molar-refractivity contribution in [1.82, 2.24) is 0 Å². The Kier molecular flexibility index (Phi) is 5.63. The number of aliphatic hydroxyl groups excluding tert-OH is 2. The van der Waals surface area contributed by atoms with E-state index in [1.807, 2.05) is 54.6 Å². The molecule has 0 spiro atoms. The van der Waals surface area contributed by atoms with Crippen LogP contribution in [0.25, 0.3) is 0 Å². The molecule has 1 saturated heterocycles. The zero-order valence-corrected chi connectivity index (χ0v) is 13.7. The Bertz CT molecular complexity index is 643. The van der Waals surface area contributed by atoms with Crippen molar-refractivity contribution in [3.05, 3.63) is 71.3 Å². The maximum atomic E-state index is 9.74. The van der Waals surface area contributed by atoms with E-state index in [0.717, 1.165) is 36.0 Å². The van der Waals surface area contributed by atoms with Crippen LogP contribution in [0.5, 0.6) is 0 Å². The van der Waals surface area contributed by atoms with Crippen molar-refractivity contribution in [2.75, 3.05) is 13.2 Å². The summed E-state index contributed by atoms with van der Waals surface area (Å²) in [4.78, 5) is 0. The first-order valence-electron chi connectivity index (χ1n) is 8.47. The van der Waals surface area contributed by atoms with Gasteiger partial charge in [-0.15, -0.1) is 0 Å². The summed E-state index contributed by atoms with van der Waals surface area (Å²) in [6.07, 6.45) is 2.49. The first kappa shape index (κ1) is 17.1. The van der Waals surface area contributed by atoms with Gasteiger partial charge in [0.25, 0.3) is 0 Å². The summed E-state index contributed by atoms with van der Waals surface area (Å²) in [6, 6.07) is 17.6. The van der Waals surface area contributed by atoms with E-state index in [0.29, 0.717) is 6.61 Å². The van der Waals surface area contributed by atoms with E-state index < -0.39 is 5.79 Å². The highest BCUT2D eigenvalue weighted by atomic mass is 16.7. The normalized spacial score (nSPS) is 23.5. The van der Waals surface area contributed by atoms with E-state index in [4.69, 9.17) is 14.6 Å². The first-order valence-corrected chi connectivity index (χ1v) is 8.47. The number of unbranched alkanes of at least 4 members (excludes halogenated alkanes) is 1. The summed E-state index contributed by atoms with van der Waals surface area (Å²) in [7, 11) is 0. The predicted molar refractivity (Wildman–Crippen MR) is 91.3 cm³/mol. The van der Waals surface area contributed by atoms with Crippen molar-refractivity contribution in [2.45, 2.75) is 37.8 Å². The van der Waals surface area contributed by atoms with Crippen LogP contribution in [0.2, 0.25) is 0 Å². The van der Waals surface area contributed by atoms with Gasteiger partial charge in [0.15, 0.2) is 0 Å². The van der Waals surface area contributed by atoms with Gasteiger partial charge >= 0.3 is 0 Å². The lowest BCUT2D eigenvalue weighted by molar-refractivity contribution is -0.144. The van der Waals surface area contributed by atoms with E-state index in [-0.39, 0.29) is 19.3 Å². The molecule has 0 amide bonds. The number of hydrogen-bond acceptors (Lipinski definition) is 4. The molecule has 0 saturated carbocycles. The third-order valence-corrected chi connectivity index (χ3v) is 4.44. The minimum atomic E-state index is -0.982. The van der Waals surface area contributed by atoms with E-state index in [1.165, 1.54) is 0 Å². The van der Waals surface area contributed by atoms with E-state index in [2.05, 4.69) is 0 Å². The summed E-state index contributed by atoms with van der Waals surface area (Å²) in [6.45, 7) is 0.636. The highest BCUT2D eigenvalue weighted by molar-refractivity contribution is 5.39. The first-order chi connectivity index (χ1) is 11.8. The van der Waals surface area contributed by atoms with Gasteiger partial charge in [-0.1, -0.05) is 54.6 Å². The number of ether oxygens (including phenoxy) is 2. The van der Waals surface area contributed by atoms with Crippen LogP contribution in [-0.2, 0) is 21.9 Å². The van der Waals surface area contributed by atoms with Crippen molar-refractivity contribution in [2.24, 2.45) is 0 Å². The molecular weight excluding hydrogens is 304 g/mol. The lowest BCUT2D eigenvalue weighted by atomic mass is 9.93. The summed E-state index contributed by atoms with van der Waals surface area (Å²) >= 11 is 0. The van der Waals surface area contributed by atoms with Crippen LogP contribution in [-0.4, -0.2) is 29.5 Å². The topological polar surface area (TPSA) is 58.9 Å². The largest absolute Gasteiger partial charge is 0.396 e. The number of rotatable bonds is 7. The molecule has 2 N–H and O–H groups in total. The van der Waals surface area contributed by atoms with Gasteiger partial charge < -0.3 is 19.7 Å². The van der Waals surface area contributed by atoms with Crippen molar-refractivity contribution >= 4 is 0 Å². The monoisotopic (exact) mass is 328 g/mol. The second kappa shape index (κ2) is 7.90. The van der Waals surface area contributed by atoms with Crippen LogP contribution in [0.1, 0.15) is 36.0 Å². The van der Waals surface area contributed by atoms with Gasteiger partial charge in [0.05, 0.1) is 19.3 Å². The van der Waals surface area contributed by atoms with E-state index in [9.17, 15) is 5.11 Å². The van der Waals surface area contributed by atoms with Gasteiger partial charge in [-0.2, -0.15) is 0 Å². The molecule has 2 unspecified atom stereocenters. The van der Waals surface area contributed by atoms with Crippen molar-refractivity contribution in [3.8, 4) is 0 Å². The smallest absolute Gasteiger partial charge is 0.223 e. The number of hydrogen-bond donors (Lipinski definition) is 2. The molecular formula is C20H24O4. The molecule has 0 aliphatic carbocycles. The van der Waals surface area contributed by atoms with Crippen LogP contribution >= 0.6 is 0 Å². The molecule has 1 fully saturated rings. The molecule has 4 nitrogen and oxygen atoms in total. The average Bonchev–Trinajstić information content (AvgIpc) is 3.08. The second-order valence-electron chi connectivity index (χ2n) is 6.07. The Labute approximate surface area is 142 Å². The standard InChI is InChI=1S/C20H24O4/c21-13-7-6-11-18-15-23-20(24-18,17-9-2-1-3-10-17)19-12-5-4-8-16(19)14-22/h1-5,8-10,12,18,21-22H,6-7,11,13-15H2. The Morgan fingerprint density at radius 1 is 0.958 bits per heavy atom. The van der Waals surface area contributed by atoms with E-state index >= 15 is 0 Å². The van der Waals surface area contributed by atoms with Gasteiger partial charge in [0, 0.05) is 17.7 Å². The van der Waals surface area contributed by atoms with Crippen molar-refractivity contribution in [1.29, 1.82) is 0 Å². The molecule has 2 aromatic rings. The molecule has 0 radical (unpaired) electrons. The molecule has 0 bridgehead atoms. The van der Waals surface area contributed by atoms with Crippen LogP contribution < -0.4 is 0 Å². The van der Waals surface area contributed by atoms with Crippen molar-refractivity contribution < 1.29 is 19.7 Å². The zero-order valence-electron chi connectivity index (χ0n) is 13.7. The Morgan fingerprint density at radius 2 is 1.71 bits per heavy atom. The summed E-state index contributed by atoms with van der Waals surface area (Å²) < 4.78 is 12.6. The van der Waals surface area contributed by atoms with Crippen LogP contribution in [0.15, 0.2) is 54.6 Å². The van der Waals surface area contributed by atoms with Gasteiger partial charge in [-0.3, -0.25) is 0 Å². The highest BCUT2D eigenvalue weighted by Gasteiger charge is 2.45. The van der Waals surface area contributed by atoms with Crippen LogP contribution in [0, 0.1) is 0 Å². The van der Waals surface area contributed by atoms with Gasteiger partial charge in [-0.25, -0.2) is 0 Å². The third kappa shape index (κ3) is 3.37. The SMILES string of the molecule is OCCCCC1COC(c2ccccc2)(c2ccccc2CO)O1. The minimum absolute atomic E-state index is 0.0245. The lowest BCUT2D eigenvalue weighted by Crippen LogP contribution is -2.31. The van der Waals surface area contributed by atoms with Gasteiger partial charge in [-0.05, 0) is 24.8 Å². The number of benzene rings is 2. The number of aliphatic hydroxyl groups is 2. The van der Waals surface area contributed by atoms with Crippen LogP contribution in [0.4, 0.5) is 0 Å². The fourth-order valence-corrected chi connectivity index (χ4v) is 3.22. The Hall–Kier alpha value is -1.72. The molecule has 0 aromatic heterocycles. The van der Waals surface area contributed by atoms with Gasteiger partial charge in [0.2, 0.25) is 5.79 Å². The maximum Gasteiger partial charge on any atom is 0.223 e. The molecule has 3 rings (SSSR count). The van der Waals surface area contributed by atoms with E-state index in [1.54, 1.807) is 0 Å². The minimum Gasteiger partial charge on any atom is -0.396 e. The molecule has 1 aliphatic heterocycles. The lowest BCUT2D eigenvalue weighted by Gasteiger charge is -2.31. The molecule has 2 atom stereocenters. The summed E-state index contributed by atoms with van der Waals surface area (Å²) in [5, 5.41) is 18.7. The average molecular weight is 328 g/mol. The van der Waals surface area contributed by atoms with Crippen molar-refractivity contribution in [3.63, 3.8) is 0 Å². The summed E-state index contributed by atoms with van der Waals surface area (Å²) in [5.74, 6) is -0.982. The Balaban J connectivity index is 1.95. The quantitative estimate of drug-likeness (QED) is 0.767. The summed E-state index contributed by atoms with van der Waals surface area (Å²) in [5.41, 5.74) is 2.58. The molecule has 24 heavy (non-hydrogen) atoms. The fraction of sp³-hybridized carbons (Fsp3) is 0.400. The molecule has 1 heterocycles. The molecule has 1 aliphatic rings. The molecule has 2 aromatic carbocycles. The maximum absolute atomic E-state index is 9.74. The third-order valence-electron chi connectivity index (χ3n) is 4.44. The predicted octanol–water partition coefficient (Wildman–Crippen LogP) is 2.96. The Morgan fingerprint density at radius 3 is 2.46 bits per heavy atom. The highest BCUT2D eigenvalue weighted by Crippen LogP contribution is 2.42. The zero-order chi connectivity index (χ0) is 16.8. The second-order valence-corrected chi connectivity index (χ2v) is 6.07. The van der Waals surface area contributed by atoms with Gasteiger partial charge in [0.1, 0.15) is 0 Å².